The lowest BCUT2D eigenvalue weighted by Crippen LogP contribution is -2.35. The van der Waals surface area contributed by atoms with Gasteiger partial charge in [-0.1, -0.05) is 6.07 Å². The highest BCUT2D eigenvalue weighted by molar-refractivity contribution is 8.10. The molecule has 0 atom stereocenters. The van der Waals surface area contributed by atoms with Gasteiger partial charge in [0.1, 0.15) is 15.6 Å². The lowest BCUT2D eigenvalue weighted by molar-refractivity contribution is -0.384. The Bertz CT molecular complexity index is 1420. The number of aromatic hydroxyl groups is 1. The molecule has 0 unspecified atom stereocenters. The van der Waals surface area contributed by atoms with E-state index in [0.717, 1.165) is 29.5 Å². The molecule has 0 aliphatic heterocycles. The number of sulfonamides is 2. The molecule has 1 aromatic carbocycles. The predicted molar refractivity (Wildman–Crippen MR) is 116 cm³/mol. The number of thiophene rings is 1. The van der Waals surface area contributed by atoms with Crippen LogP contribution >= 0.6 is 11.3 Å². The first-order valence-corrected chi connectivity index (χ1v) is 12.5. The number of pyridine rings is 1. The topological polar surface area (TPSA) is 199 Å². The van der Waals surface area contributed by atoms with E-state index in [0.29, 0.717) is 6.26 Å². The molecule has 3 rings (SSSR count). The summed E-state index contributed by atoms with van der Waals surface area (Å²) in [5, 5.41) is 29.7. The number of nitro benzene ring substituents is 1. The van der Waals surface area contributed by atoms with Crippen molar-refractivity contribution in [2.24, 2.45) is 10.2 Å². The molecule has 2 aromatic heterocycles. The zero-order chi connectivity index (χ0) is 23.7. The molecule has 0 radical (unpaired) electrons. The number of non-ortho nitro benzene ring substituents is 1. The van der Waals surface area contributed by atoms with Gasteiger partial charge in [-0.2, -0.15) is 12.1 Å². The molecule has 13 nitrogen and oxygen atoms in total. The smallest absolute Gasteiger partial charge is 0.286 e. The number of hydrogen-bond acceptors (Lipinski definition) is 12. The van der Waals surface area contributed by atoms with Crippen molar-refractivity contribution in [2.45, 2.75) is 4.21 Å². The monoisotopic (exact) mass is 498 g/mol. The third kappa shape index (κ3) is 4.66. The van der Waals surface area contributed by atoms with Gasteiger partial charge in [-0.15, -0.1) is 21.6 Å². The minimum Gasteiger partial charge on any atom is -0.504 e. The molecule has 32 heavy (non-hydrogen) atoms. The van der Waals surface area contributed by atoms with Gasteiger partial charge in [-0.05, 0) is 29.6 Å². The van der Waals surface area contributed by atoms with Crippen LogP contribution in [0.25, 0.3) is 0 Å². The fourth-order valence-electron chi connectivity index (χ4n) is 2.45. The van der Waals surface area contributed by atoms with Crippen molar-refractivity contribution < 1.29 is 26.9 Å². The van der Waals surface area contributed by atoms with E-state index < -0.39 is 36.3 Å². The van der Waals surface area contributed by atoms with Crippen molar-refractivity contribution in [1.82, 2.24) is 4.98 Å². The van der Waals surface area contributed by atoms with Crippen LogP contribution in [0.2, 0.25) is 0 Å². The van der Waals surface area contributed by atoms with Gasteiger partial charge in [0.2, 0.25) is 10.0 Å². The summed E-state index contributed by atoms with van der Waals surface area (Å²) in [6.07, 6.45) is 0.639. The molecular weight excluding hydrogens is 484 g/mol. The lowest BCUT2D eigenvalue weighted by atomic mass is 10.2. The molecule has 3 aromatic rings. The Morgan fingerprint density at radius 1 is 1.16 bits per heavy atom. The zero-order valence-corrected chi connectivity index (χ0v) is 18.5. The molecule has 0 saturated carbocycles. The van der Waals surface area contributed by atoms with E-state index in [4.69, 9.17) is 5.73 Å². The lowest BCUT2D eigenvalue weighted by Gasteiger charge is -2.22. The number of nitrogen functional groups attached to an aromatic ring is 1. The van der Waals surface area contributed by atoms with Crippen molar-refractivity contribution in [3.63, 3.8) is 0 Å². The summed E-state index contributed by atoms with van der Waals surface area (Å²) < 4.78 is 51.0. The molecule has 0 saturated heterocycles. The number of benzene rings is 1. The van der Waals surface area contributed by atoms with Crippen molar-refractivity contribution in [3.8, 4) is 5.75 Å². The first-order chi connectivity index (χ1) is 14.9. The summed E-state index contributed by atoms with van der Waals surface area (Å²) >= 11 is 0.769. The Hall–Kier alpha value is -3.63. The van der Waals surface area contributed by atoms with E-state index in [1.54, 1.807) is 0 Å². The Morgan fingerprint density at radius 2 is 1.88 bits per heavy atom. The summed E-state index contributed by atoms with van der Waals surface area (Å²) in [5.41, 5.74) is 4.00. The number of nitrogens with zero attached hydrogens (tertiary/aromatic N) is 5. The molecule has 3 N–H and O–H groups in total. The number of hydrogen-bond donors (Lipinski definition) is 2. The third-order valence-electron chi connectivity index (χ3n) is 3.78. The normalized spacial score (nSPS) is 12.2. The summed E-state index contributed by atoms with van der Waals surface area (Å²) in [6.45, 7) is 0. The average molecular weight is 499 g/mol. The van der Waals surface area contributed by atoms with E-state index in [9.17, 15) is 32.1 Å². The third-order valence-corrected chi connectivity index (χ3v) is 8.84. The van der Waals surface area contributed by atoms with Gasteiger partial charge in [0.25, 0.3) is 15.7 Å². The number of nitrogens with two attached hydrogens (primary N) is 1. The van der Waals surface area contributed by atoms with Crippen molar-refractivity contribution in [1.29, 1.82) is 0 Å². The summed E-state index contributed by atoms with van der Waals surface area (Å²) in [4.78, 5) is 14.2. The zero-order valence-electron chi connectivity index (χ0n) is 16.1. The average Bonchev–Trinajstić information content (AvgIpc) is 3.24. The predicted octanol–water partition coefficient (Wildman–Crippen LogP) is 2.91. The maximum absolute atomic E-state index is 13.1. The van der Waals surface area contributed by atoms with Crippen molar-refractivity contribution in [2.75, 3.05) is 15.7 Å². The second-order valence-corrected chi connectivity index (χ2v) is 11.1. The molecular formula is C16H14N6O7S3. The second-order valence-electron chi connectivity index (χ2n) is 6.10. The quantitative estimate of drug-likeness (QED) is 0.279. The van der Waals surface area contributed by atoms with E-state index in [1.807, 2.05) is 0 Å². The van der Waals surface area contributed by atoms with Crippen LogP contribution in [0.4, 0.5) is 28.7 Å². The molecule has 0 aliphatic rings. The highest BCUT2D eigenvalue weighted by Gasteiger charge is 2.36. The minimum atomic E-state index is -4.66. The number of aromatic nitrogens is 1. The van der Waals surface area contributed by atoms with Crippen LogP contribution in [-0.2, 0) is 20.0 Å². The molecule has 0 spiro atoms. The van der Waals surface area contributed by atoms with Crippen LogP contribution in [0.3, 0.4) is 0 Å². The minimum absolute atomic E-state index is 0.0613. The van der Waals surface area contributed by atoms with Crippen LogP contribution in [0.5, 0.6) is 5.75 Å². The Balaban J connectivity index is 2.23. The van der Waals surface area contributed by atoms with Gasteiger partial charge in [0.15, 0.2) is 17.4 Å². The Kier molecular flexibility index (Phi) is 6.11. The van der Waals surface area contributed by atoms with Gasteiger partial charge >= 0.3 is 0 Å². The standard InChI is InChI=1S/C16H14N6O7S3/c1-31(26,27)22(32(28,29)15-3-2-8-30-15)12-9-10(21(24)25)4-5-11(12)19-20-14-7-6-13(23)16(17)18-14/h2-9,23H,1H3,(H2,17,18). The van der Waals surface area contributed by atoms with Crippen LogP contribution in [0.15, 0.2) is 62.3 Å². The van der Waals surface area contributed by atoms with Gasteiger partial charge < -0.3 is 10.8 Å². The Morgan fingerprint density at radius 3 is 2.44 bits per heavy atom. The molecule has 0 aliphatic carbocycles. The Labute approximate surface area is 185 Å². The first-order valence-electron chi connectivity index (χ1n) is 8.36. The molecule has 0 bridgehead atoms. The van der Waals surface area contributed by atoms with Crippen LogP contribution in [-0.4, -0.2) is 38.1 Å². The number of anilines is 2. The molecule has 0 fully saturated rings. The summed E-state index contributed by atoms with van der Waals surface area (Å²) in [5.74, 6) is -0.634. The van der Waals surface area contributed by atoms with Gasteiger partial charge in [0, 0.05) is 12.1 Å². The second kappa shape index (κ2) is 8.48. The van der Waals surface area contributed by atoms with Gasteiger partial charge in [-0.3, -0.25) is 10.1 Å². The van der Waals surface area contributed by atoms with Crippen LogP contribution in [0.1, 0.15) is 0 Å². The largest absolute Gasteiger partial charge is 0.504 e. The van der Waals surface area contributed by atoms with E-state index >= 15 is 0 Å². The van der Waals surface area contributed by atoms with Gasteiger partial charge in [0.05, 0.1) is 11.2 Å². The summed E-state index contributed by atoms with van der Waals surface area (Å²) in [6, 6.07) is 7.86. The fourth-order valence-corrected chi connectivity index (χ4v) is 6.91. The van der Waals surface area contributed by atoms with Crippen LogP contribution in [0, 0.1) is 10.1 Å². The van der Waals surface area contributed by atoms with E-state index in [-0.39, 0.29) is 31.0 Å². The molecule has 16 heteroatoms. The summed E-state index contributed by atoms with van der Waals surface area (Å²) in [7, 11) is -9.16. The van der Waals surface area contributed by atoms with Crippen LogP contribution < -0.4 is 9.44 Å². The number of nitro groups is 1. The first kappa shape index (κ1) is 23.0. The maximum Gasteiger partial charge on any atom is 0.286 e. The number of rotatable bonds is 7. The molecule has 168 valence electrons. The SMILES string of the molecule is CS(=O)(=O)N(c1cc([N+](=O)[O-])ccc1N=Nc1ccc(O)c(N)n1)S(=O)(=O)c1cccs1. The molecule has 0 amide bonds. The van der Waals surface area contributed by atoms with Gasteiger partial charge in [-0.25, -0.2) is 13.4 Å². The van der Waals surface area contributed by atoms with E-state index in [1.165, 1.54) is 29.6 Å². The highest BCUT2D eigenvalue weighted by atomic mass is 32.3. The molecule has 2 heterocycles. The fraction of sp³-hybridized carbons (Fsp3) is 0.0625. The number of azo groups is 1. The van der Waals surface area contributed by atoms with Crippen molar-refractivity contribution in [3.05, 3.63) is 58.0 Å². The van der Waals surface area contributed by atoms with Crippen molar-refractivity contribution >= 4 is 60.1 Å². The highest BCUT2D eigenvalue weighted by Crippen LogP contribution is 2.39. The van der Waals surface area contributed by atoms with E-state index in [2.05, 4.69) is 15.2 Å². The maximum atomic E-state index is 13.1.